The van der Waals surface area contributed by atoms with Crippen molar-refractivity contribution in [3.63, 3.8) is 0 Å². The van der Waals surface area contributed by atoms with Gasteiger partial charge in [0.05, 0.1) is 14.2 Å². The van der Waals surface area contributed by atoms with Gasteiger partial charge in [-0.2, -0.15) is 0 Å². The van der Waals surface area contributed by atoms with Crippen LogP contribution >= 0.6 is 11.6 Å². The molecule has 1 heterocycles. The van der Waals surface area contributed by atoms with Crippen LogP contribution in [0.2, 0.25) is 5.15 Å². The van der Waals surface area contributed by atoms with Crippen LogP contribution in [0.3, 0.4) is 0 Å². The summed E-state index contributed by atoms with van der Waals surface area (Å²) in [6.07, 6.45) is 0. The molecule has 0 saturated heterocycles. The maximum absolute atomic E-state index is 13.4. The Hall–Kier alpha value is -1.55. The van der Waals surface area contributed by atoms with E-state index in [2.05, 4.69) is 4.98 Å². The lowest BCUT2D eigenvalue weighted by molar-refractivity contribution is 0.387. The van der Waals surface area contributed by atoms with Crippen LogP contribution in [0.25, 0.3) is 10.8 Å². The van der Waals surface area contributed by atoms with Crippen molar-refractivity contribution < 1.29 is 13.9 Å². The van der Waals surface area contributed by atoms with Crippen molar-refractivity contribution in [2.45, 2.75) is 0 Å². The predicted octanol–water partition coefficient (Wildman–Crippen LogP) is 3.04. The summed E-state index contributed by atoms with van der Waals surface area (Å²) < 4.78 is 23.3. The summed E-state index contributed by atoms with van der Waals surface area (Å²) in [5, 5.41) is 1.45. The normalized spacial score (nSPS) is 10.5. The van der Waals surface area contributed by atoms with Gasteiger partial charge in [0, 0.05) is 11.5 Å². The molecule has 1 aromatic carbocycles. The number of benzene rings is 1. The third-order valence-electron chi connectivity index (χ3n) is 2.24. The second-order valence-electron chi connectivity index (χ2n) is 3.16. The second kappa shape index (κ2) is 4.14. The Morgan fingerprint density at radius 2 is 1.94 bits per heavy atom. The minimum absolute atomic E-state index is 0.164. The molecule has 0 aliphatic heterocycles. The third kappa shape index (κ3) is 1.76. The molecule has 3 nitrogen and oxygen atoms in total. The number of hydrogen-bond acceptors (Lipinski definition) is 3. The number of aromatic nitrogens is 1. The number of fused-ring (bicyclic) bond motifs is 1. The fraction of sp³-hybridized carbons (Fsp3) is 0.182. The molecule has 0 fully saturated rings. The summed E-state index contributed by atoms with van der Waals surface area (Å²) in [6.45, 7) is 0. The molecular formula is C11H9ClFNO2. The Balaban J connectivity index is 2.75. The molecule has 2 aromatic rings. The fourth-order valence-electron chi connectivity index (χ4n) is 1.45. The topological polar surface area (TPSA) is 31.4 Å². The first-order valence-corrected chi connectivity index (χ1v) is 4.91. The van der Waals surface area contributed by atoms with E-state index in [1.54, 1.807) is 12.1 Å². The number of nitrogens with zero attached hydrogens (tertiary/aromatic N) is 1. The lowest BCUT2D eigenvalue weighted by Crippen LogP contribution is -1.92. The van der Waals surface area contributed by atoms with Crippen molar-refractivity contribution in [1.82, 2.24) is 4.98 Å². The summed E-state index contributed by atoms with van der Waals surface area (Å²) >= 11 is 5.91. The van der Waals surface area contributed by atoms with Crippen LogP contribution in [0.15, 0.2) is 18.2 Å². The minimum Gasteiger partial charge on any atom is -0.494 e. The summed E-state index contributed by atoms with van der Waals surface area (Å²) in [5.41, 5.74) is 0. The van der Waals surface area contributed by atoms with Gasteiger partial charge >= 0.3 is 0 Å². The van der Waals surface area contributed by atoms with Gasteiger partial charge in [0.2, 0.25) is 5.88 Å². The average molecular weight is 242 g/mol. The molecule has 0 aliphatic carbocycles. The number of pyridine rings is 1. The molecule has 84 valence electrons. The molecule has 5 heteroatoms. The second-order valence-corrected chi connectivity index (χ2v) is 3.52. The molecule has 0 radical (unpaired) electrons. The third-order valence-corrected chi connectivity index (χ3v) is 2.53. The first-order chi connectivity index (χ1) is 7.65. The number of rotatable bonds is 2. The van der Waals surface area contributed by atoms with Crippen molar-refractivity contribution in [3.05, 3.63) is 29.2 Å². The maximum Gasteiger partial charge on any atom is 0.215 e. The lowest BCUT2D eigenvalue weighted by Gasteiger charge is -2.07. The maximum atomic E-state index is 13.4. The molecule has 0 spiro atoms. The molecule has 0 amide bonds. The zero-order chi connectivity index (χ0) is 11.7. The number of methoxy groups -OCH3 is 2. The van der Waals surface area contributed by atoms with E-state index >= 15 is 0 Å². The number of halogens is 2. The highest BCUT2D eigenvalue weighted by atomic mass is 35.5. The fourth-order valence-corrected chi connectivity index (χ4v) is 1.70. The predicted molar refractivity (Wildman–Crippen MR) is 59.8 cm³/mol. The standard InChI is InChI=1S/C11H9ClFNO2/c1-15-9-3-6-4-10(16-2)14-11(12)7(6)5-8(9)13/h3-5H,1-2H3. The van der Waals surface area contributed by atoms with Gasteiger partial charge in [-0.1, -0.05) is 11.6 Å². The van der Waals surface area contributed by atoms with Crippen LogP contribution in [0.1, 0.15) is 0 Å². The summed E-state index contributed by atoms with van der Waals surface area (Å²) in [7, 11) is 2.90. The SMILES string of the molecule is COc1cc2cc(OC)c(F)cc2c(Cl)n1. The van der Waals surface area contributed by atoms with Gasteiger partial charge < -0.3 is 9.47 Å². The average Bonchev–Trinajstić information content (AvgIpc) is 2.29. The Morgan fingerprint density at radius 3 is 2.56 bits per heavy atom. The Morgan fingerprint density at radius 1 is 1.19 bits per heavy atom. The highest BCUT2D eigenvalue weighted by molar-refractivity contribution is 6.34. The van der Waals surface area contributed by atoms with Gasteiger partial charge in [-0.25, -0.2) is 9.37 Å². The van der Waals surface area contributed by atoms with Gasteiger partial charge in [-0.3, -0.25) is 0 Å². The Labute approximate surface area is 96.8 Å². The van der Waals surface area contributed by atoms with Crippen molar-refractivity contribution in [2.24, 2.45) is 0 Å². The first kappa shape index (κ1) is 11.0. The molecule has 2 rings (SSSR count). The van der Waals surface area contributed by atoms with E-state index in [4.69, 9.17) is 21.1 Å². The van der Waals surface area contributed by atoms with Gasteiger partial charge in [-0.15, -0.1) is 0 Å². The van der Waals surface area contributed by atoms with Crippen LogP contribution in [-0.4, -0.2) is 19.2 Å². The van der Waals surface area contributed by atoms with Crippen LogP contribution in [0, 0.1) is 5.82 Å². The molecule has 0 saturated carbocycles. The summed E-state index contributed by atoms with van der Waals surface area (Å²) in [5.74, 6) is 0.0758. The number of ether oxygens (including phenoxy) is 2. The van der Waals surface area contributed by atoms with Crippen molar-refractivity contribution >= 4 is 22.4 Å². The summed E-state index contributed by atoms with van der Waals surface area (Å²) in [4.78, 5) is 3.95. The number of hydrogen-bond donors (Lipinski definition) is 0. The van der Waals surface area contributed by atoms with E-state index in [9.17, 15) is 4.39 Å². The molecule has 0 N–H and O–H groups in total. The van der Waals surface area contributed by atoms with Crippen LogP contribution < -0.4 is 9.47 Å². The zero-order valence-corrected chi connectivity index (χ0v) is 9.51. The molecule has 1 aromatic heterocycles. The zero-order valence-electron chi connectivity index (χ0n) is 8.75. The molecule has 0 bridgehead atoms. The van der Waals surface area contributed by atoms with E-state index in [0.717, 1.165) is 5.39 Å². The molecule has 0 atom stereocenters. The van der Waals surface area contributed by atoms with Crippen LogP contribution in [0.5, 0.6) is 11.6 Å². The molecular weight excluding hydrogens is 233 g/mol. The smallest absolute Gasteiger partial charge is 0.215 e. The molecule has 0 unspecified atom stereocenters. The van der Waals surface area contributed by atoms with Crippen molar-refractivity contribution in [1.29, 1.82) is 0 Å². The largest absolute Gasteiger partial charge is 0.494 e. The van der Waals surface area contributed by atoms with E-state index in [0.29, 0.717) is 11.3 Å². The van der Waals surface area contributed by atoms with Crippen LogP contribution in [0.4, 0.5) is 4.39 Å². The highest BCUT2D eigenvalue weighted by Gasteiger charge is 2.10. The Kier molecular flexibility index (Phi) is 2.83. The van der Waals surface area contributed by atoms with Gasteiger partial charge in [0.1, 0.15) is 5.15 Å². The quantitative estimate of drug-likeness (QED) is 0.758. The van der Waals surface area contributed by atoms with Crippen molar-refractivity contribution in [2.75, 3.05) is 14.2 Å². The van der Waals surface area contributed by atoms with Gasteiger partial charge in [-0.05, 0) is 17.5 Å². The molecule has 0 aliphatic rings. The van der Waals surface area contributed by atoms with Crippen molar-refractivity contribution in [3.8, 4) is 11.6 Å². The molecule has 16 heavy (non-hydrogen) atoms. The Bertz CT molecular complexity index is 545. The van der Waals surface area contributed by atoms with E-state index in [1.165, 1.54) is 20.3 Å². The lowest BCUT2D eigenvalue weighted by atomic mass is 10.1. The highest BCUT2D eigenvalue weighted by Crippen LogP contribution is 2.30. The summed E-state index contributed by atoms with van der Waals surface area (Å²) in [6, 6.07) is 4.52. The van der Waals surface area contributed by atoms with Crippen LogP contribution in [-0.2, 0) is 0 Å². The van der Waals surface area contributed by atoms with E-state index < -0.39 is 5.82 Å². The first-order valence-electron chi connectivity index (χ1n) is 4.53. The van der Waals surface area contributed by atoms with Gasteiger partial charge in [0.25, 0.3) is 0 Å². The van der Waals surface area contributed by atoms with E-state index in [-0.39, 0.29) is 10.9 Å². The van der Waals surface area contributed by atoms with Gasteiger partial charge in [0.15, 0.2) is 11.6 Å². The van der Waals surface area contributed by atoms with E-state index in [1.807, 2.05) is 0 Å². The monoisotopic (exact) mass is 241 g/mol. The minimum atomic E-state index is -0.469.